The SMILES string of the molecule is C/C(=C\CCOc1ccc(N=Nc2ccccc2)cc1)C(=O)O. The van der Waals surface area contributed by atoms with E-state index in [0.717, 1.165) is 11.4 Å². The molecule has 0 amide bonds. The largest absolute Gasteiger partial charge is 0.493 e. The number of hydrogen-bond donors (Lipinski definition) is 1. The molecule has 0 radical (unpaired) electrons. The zero-order chi connectivity index (χ0) is 16.5. The minimum absolute atomic E-state index is 0.324. The summed E-state index contributed by atoms with van der Waals surface area (Å²) in [5, 5.41) is 17.0. The van der Waals surface area contributed by atoms with Crippen LogP contribution in [0.4, 0.5) is 11.4 Å². The van der Waals surface area contributed by atoms with Crippen LogP contribution in [0.15, 0.2) is 76.5 Å². The van der Waals surface area contributed by atoms with Crippen molar-refractivity contribution in [2.45, 2.75) is 13.3 Å². The second-order valence-corrected chi connectivity index (χ2v) is 4.86. The lowest BCUT2D eigenvalue weighted by molar-refractivity contribution is -0.132. The monoisotopic (exact) mass is 310 g/mol. The van der Waals surface area contributed by atoms with Crippen molar-refractivity contribution < 1.29 is 14.6 Å². The fraction of sp³-hybridized carbons (Fsp3) is 0.167. The molecular weight excluding hydrogens is 292 g/mol. The van der Waals surface area contributed by atoms with Gasteiger partial charge in [0.15, 0.2) is 0 Å². The molecule has 0 spiro atoms. The van der Waals surface area contributed by atoms with Crippen LogP contribution in [0.1, 0.15) is 13.3 Å². The van der Waals surface area contributed by atoms with Crippen molar-refractivity contribution in [3.8, 4) is 5.75 Å². The maximum absolute atomic E-state index is 10.6. The molecule has 0 aliphatic heterocycles. The van der Waals surface area contributed by atoms with E-state index in [2.05, 4.69) is 10.2 Å². The fourth-order valence-corrected chi connectivity index (χ4v) is 1.76. The van der Waals surface area contributed by atoms with Gasteiger partial charge in [-0.2, -0.15) is 10.2 Å². The lowest BCUT2D eigenvalue weighted by Crippen LogP contribution is -1.99. The van der Waals surface area contributed by atoms with E-state index in [1.54, 1.807) is 13.0 Å². The third-order valence-electron chi connectivity index (χ3n) is 3.05. The van der Waals surface area contributed by atoms with E-state index >= 15 is 0 Å². The summed E-state index contributed by atoms with van der Waals surface area (Å²) in [6, 6.07) is 16.8. The van der Waals surface area contributed by atoms with E-state index in [0.29, 0.717) is 24.4 Å². The Morgan fingerprint density at radius 2 is 1.65 bits per heavy atom. The molecule has 0 unspecified atom stereocenters. The molecule has 0 atom stereocenters. The predicted molar refractivity (Wildman–Crippen MR) is 88.6 cm³/mol. The molecular formula is C18H18N2O3. The Labute approximate surface area is 135 Å². The molecule has 0 fully saturated rings. The molecule has 2 aromatic rings. The fourth-order valence-electron chi connectivity index (χ4n) is 1.76. The molecule has 0 aromatic heterocycles. The molecule has 5 nitrogen and oxygen atoms in total. The maximum atomic E-state index is 10.6. The minimum Gasteiger partial charge on any atom is -0.493 e. The van der Waals surface area contributed by atoms with Crippen LogP contribution in [0.2, 0.25) is 0 Å². The first-order chi connectivity index (χ1) is 11.1. The van der Waals surface area contributed by atoms with Crippen LogP contribution >= 0.6 is 0 Å². The van der Waals surface area contributed by atoms with Gasteiger partial charge in [-0.3, -0.25) is 0 Å². The third kappa shape index (κ3) is 5.74. The summed E-state index contributed by atoms with van der Waals surface area (Å²) in [4.78, 5) is 10.6. The van der Waals surface area contributed by atoms with Crippen LogP contribution in [0, 0.1) is 0 Å². The molecule has 0 aliphatic carbocycles. The number of benzene rings is 2. The van der Waals surface area contributed by atoms with E-state index in [1.807, 2.05) is 54.6 Å². The van der Waals surface area contributed by atoms with E-state index < -0.39 is 5.97 Å². The third-order valence-corrected chi connectivity index (χ3v) is 3.05. The number of carboxylic acid groups (broad SMARTS) is 1. The van der Waals surface area contributed by atoms with Gasteiger partial charge >= 0.3 is 5.97 Å². The van der Waals surface area contributed by atoms with E-state index in [9.17, 15) is 4.79 Å². The Morgan fingerprint density at radius 1 is 1.04 bits per heavy atom. The van der Waals surface area contributed by atoms with E-state index in [4.69, 9.17) is 9.84 Å². The van der Waals surface area contributed by atoms with Gasteiger partial charge in [-0.1, -0.05) is 24.3 Å². The van der Waals surface area contributed by atoms with Crippen LogP contribution in [-0.4, -0.2) is 17.7 Å². The molecule has 5 heteroatoms. The summed E-state index contributed by atoms with van der Waals surface area (Å²) in [6.45, 7) is 1.99. The highest BCUT2D eigenvalue weighted by Crippen LogP contribution is 2.21. The maximum Gasteiger partial charge on any atom is 0.330 e. The number of azo groups is 1. The van der Waals surface area contributed by atoms with Crippen molar-refractivity contribution in [1.29, 1.82) is 0 Å². The first-order valence-electron chi connectivity index (χ1n) is 7.25. The Bertz CT molecular complexity index is 692. The summed E-state index contributed by atoms with van der Waals surface area (Å²) in [6.07, 6.45) is 2.19. The predicted octanol–water partition coefficient (Wildman–Crippen LogP) is 4.90. The van der Waals surface area contributed by atoms with Crippen molar-refractivity contribution in [2.75, 3.05) is 6.61 Å². The van der Waals surface area contributed by atoms with Gasteiger partial charge in [0.25, 0.3) is 0 Å². The first kappa shape index (κ1) is 16.4. The molecule has 1 N–H and O–H groups in total. The summed E-state index contributed by atoms with van der Waals surface area (Å²) in [7, 11) is 0. The normalized spacial score (nSPS) is 11.6. The Balaban J connectivity index is 1.84. The summed E-state index contributed by atoms with van der Waals surface area (Å²) in [5.74, 6) is -0.192. The molecule has 0 heterocycles. The molecule has 0 bridgehead atoms. The molecule has 2 aromatic carbocycles. The quantitative estimate of drug-likeness (QED) is 0.449. The van der Waals surface area contributed by atoms with Gasteiger partial charge in [-0.05, 0) is 43.3 Å². The number of nitrogens with zero attached hydrogens (tertiary/aromatic N) is 2. The van der Waals surface area contributed by atoms with Crippen molar-refractivity contribution in [1.82, 2.24) is 0 Å². The van der Waals surface area contributed by atoms with Gasteiger partial charge in [-0.25, -0.2) is 4.79 Å². The van der Waals surface area contributed by atoms with Crippen LogP contribution < -0.4 is 4.74 Å². The topological polar surface area (TPSA) is 71.2 Å². The number of aliphatic carboxylic acids is 1. The van der Waals surface area contributed by atoms with E-state index in [-0.39, 0.29) is 0 Å². The average molecular weight is 310 g/mol. The van der Waals surface area contributed by atoms with Gasteiger partial charge in [0.05, 0.1) is 18.0 Å². The molecule has 118 valence electrons. The Kier molecular flexibility index (Phi) is 6.06. The van der Waals surface area contributed by atoms with Crippen LogP contribution in [0.5, 0.6) is 5.75 Å². The molecule has 23 heavy (non-hydrogen) atoms. The Morgan fingerprint density at radius 3 is 2.26 bits per heavy atom. The van der Waals surface area contributed by atoms with Gasteiger partial charge < -0.3 is 9.84 Å². The smallest absolute Gasteiger partial charge is 0.330 e. The highest BCUT2D eigenvalue weighted by Gasteiger charge is 1.99. The molecule has 0 saturated heterocycles. The Hall–Kier alpha value is -2.95. The summed E-state index contributed by atoms with van der Waals surface area (Å²) >= 11 is 0. The highest BCUT2D eigenvalue weighted by atomic mass is 16.5. The molecule has 2 rings (SSSR count). The zero-order valence-electron chi connectivity index (χ0n) is 12.8. The number of ether oxygens (including phenoxy) is 1. The van der Waals surface area contributed by atoms with Crippen molar-refractivity contribution in [3.05, 3.63) is 66.2 Å². The standard InChI is InChI=1S/C18H18N2O3/c1-14(18(21)22)6-5-13-23-17-11-9-16(10-12-17)20-19-15-7-3-2-4-8-15/h2-4,6-12H,5,13H2,1H3,(H,21,22)/b14-6+,20-19?. The van der Waals surface area contributed by atoms with Gasteiger partial charge in [-0.15, -0.1) is 0 Å². The van der Waals surface area contributed by atoms with E-state index in [1.165, 1.54) is 0 Å². The number of rotatable bonds is 7. The second-order valence-electron chi connectivity index (χ2n) is 4.86. The van der Waals surface area contributed by atoms with Crippen molar-refractivity contribution in [3.63, 3.8) is 0 Å². The zero-order valence-corrected chi connectivity index (χ0v) is 12.8. The van der Waals surface area contributed by atoms with Gasteiger partial charge in [0.1, 0.15) is 5.75 Å². The van der Waals surface area contributed by atoms with Crippen molar-refractivity contribution >= 4 is 17.3 Å². The molecule has 0 aliphatic rings. The van der Waals surface area contributed by atoms with Gasteiger partial charge in [0, 0.05) is 12.0 Å². The molecule has 0 saturated carbocycles. The first-order valence-corrected chi connectivity index (χ1v) is 7.25. The lowest BCUT2D eigenvalue weighted by Gasteiger charge is -2.04. The van der Waals surface area contributed by atoms with Crippen molar-refractivity contribution in [2.24, 2.45) is 10.2 Å². The van der Waals surface area contributed by atoms with Crippen LogP contribution in [-0.2, 0) is 4.79 Å². The summed E-state index contributed by atoms with van der Waals surface area (Å²) in [5.41, 5.74) is 1.86. The second kappa shape index (κ2) is 8.48. The van der Waals surface area contributed by atoms with Crippen LogP contribution in [0.3, 0.4) is 0 Å². The average Bonchev–Trinajstić information content (AvgIpc) is 2.58. The lowest BCUT2D eigenvalue weighted by atomic mass is 10.2. The number of carboxylic acids is 1. The highest BCUT2D eigenvalue weighted by molar-refractivity contribution is 5.85. The number of carbonyl (C=O) groups is 1. The van der Waals surface area contributed by atoms with Gasteiger partial charge in [0.2, 0.25) is 0 Å². The number of hydrogen-bond acceptors (Lipinski definition) is 4. The summed E-state index contributed by atoms with van der Waals surface area (Å²) < 4.78 is 5.54. The van der Waals surface area contributed by atoms with Crippen LogP contribution in [0.25, 0.3) is 0 Å². The minimum atomic E-state index is -0.905.